The highest BCUT2D eigenvalue weighted by Gasteiger charge is 2.32. The molecule has 2 N–H and O–H groups in total. The molecular weight excluding hydrogens is 463 g/mol. The van der Waals surface area contributed by atoms with Crippen LogP contribution < -0.4 is 5.73 Å². The molecule has 1 unspecified atom stereocenters. The van der Waals surface area contributed by atoms with Crippen molar-refractivity contribution in [3.05, 3.63) is 71.3 Å². The Kier molecular flexibility index (Phi) is 8.30. The number of carbonyl (C=O) groups is 1. The first-order valence-electron chi connectivity index (χ1n) is 8.60. The molecule has 1 atom stereocenters. The van der Waals surface area contributed by atoms with Crippen LogP contribution in [0.5, 0.6) is 0 Å². The number of rotatable bonds is 4. The van der Waals surface area contributed by atoms with Crippen LogP contribution in [0.2, 0.25) is 0 Å². The van der Waals surface area contributed by atoms with Gasteiger partial charge in [0, 0.05) is 19.0 Å². The van der Waals surface area contributed by atoms with E-state index in [1.165, 1.54) is 24.3 Å². The molecule has 2 aromatic carbocycles. The molecule has 3 rings (SSSR count). The van der Waals surface area contributed by atoms with Gasteiger partial charge in [-0.3, -0.25) is 4.79 Å². The van der Waals surface area contributed by atoms with Gasteiger partial charge in [-0.15, -0.1) is 0 Å². The van der Waals surface area contributed by atoms with Gasteiger partial charge >= 0.3 is 0 Å². The average molecular weight is 485 g/mol. The Balaban J connectivity index is 0.000000817. The van der Waals surface area contributed by atoms with Gasteiger partial charge in [-0.25, -0.2) is 12.0 Å². The lowest BCUT2D eigenvalue weighted by Gasteiger charge is -2.28. The number of amides is 1. The molecule has 0 saturated carbocycles. The van der Waals surface area contributed by atoms with Crippen LogP contribution in [0.25, 0.3) is 0 Å². The summed E-state index contributed by atoms with van der Waals surface area (Å²) in [6.07, 6.45) is 1.96. The minimum absolute atomic E-state index is 0.119. The molecule has 1 amide bonds. The summed E-state index contributed by atoms with van der Waals surface area (Å²) in [5.41, 5.74) is 7.78. The first-order chi connectivity index (χ1) is 13.0. The Morgan fingerprint density at radius 1 is 1.00 bits per heavy atom. The summed E-state index contributed by atoms with van der Waals surface area (Å²) in [6.45, 7) is 4.53. The molecule has 1 heterocycles. The highest BCUT2D eigenvalue weighted by molar-refractivity contribution is 14.1. The number of nitrogens with two attached hydrogens (primary N) is 1. The summed E-state index contributed by atoms with van der Waals surface area (Å²) in [4.78, 5) is 14.5. The van der Waals surface area contributed by atoms with E-state index in [9.17, 15) is 13.6 Å². The Labute approximate surface area is 172 Å². The second kappa shape index (κ2) is 10.5. The third-order valence-electron chi connectivity index (χ3n) is 4.52. The molecule has 1 aliphatic rings. The monoisotopic (exact) mass is 485 g/mol. The lowest BCUT2D eigenvalue weighted by atomic mass is 9.84. The third kappa shape index (κ3) is 5.80. The van der Waals surface area contributed by atoms with Gasteiger partial charge in [0.25, 0.3) is 0 Å². The van der Waals surface area contributed by atoms with E-state index in [0.29, 0.717) is 13.1 Å². The van der Waals surface area contributed by atoms with Crippen LogP contribution in [0.15, 0.2) is 51.7 Å². The van der Waals surface area contributed by atoms with E-state index in [-0.39, 0.29) is 17.5 Å². The minimum atomic E-state index is -0.793. The van der Waals surface area contributed by atoms with E-state index >= 15 is 0 Å². The molecule has 0 radical (unpaired) electrons. The molecule has 1 fully saturated rings. The zero-order valence-electron chi connectivity index (χ0n) is 14.8. The minimum Gasteiger partial charge on any atom is -0.341 e. The van der Waals surface area contributed by atoms with Gasteiger partial charge in [0.2, 0.25) is 5.91 Å². The van der Waals surface area contributed by atoms with Crippen LogP contribution in [0.1, 0.15) is 29.9 Å². The SMILES string of the molecule is C=NI.NC(C(=O)N1CCCC1)C(c1ccc(F)cc1)c1ccc(F)cc1. The molecule has 144 valence electrons. The van der Waals surface area contributed by atoms with Gasteiger partial charge in [0.05, 0.1) is 28.9 Å². The van der Waals surface area contributed by atoms with Crippen molar-refractivity contribution in [2.45, 2.75) is 24.8 Å². The van der Waals surface area contributed by atoms with Gasteiger partial charge in [-0.2, -0.15) is 0 Å². The maximum absolute atomic E-state index is 13.3. The number of hydrogen-bond donors (Lipinski definition) is 1. The van der Waals surface area contributed by atoms with Crippen LogP contribution >= 0.6 is 22.9 Å². The predicted octanol–water partition coefficient (Wildman–Crippen LogP) is 4.08. The molecule has 0 aliphatic carbocycles. The fourth-order valence-electron chi connectivity index (χ4n) is 3.24. The fourth-order valence-corrected chi connectivity index (χ4v) is 3.24. The molecule has 1 aliphatic heterocycles. The molecular formula is C20H22F2IN3O. The number of hydrogen-bond acceptors (Lipinski definition) is 3. The molecule has 0 spiro atoms. The molecule has 1 saturated heterocycles. The zero-order chi connectivity index (χ0) is 19.8. The van der Waals surface area contributed by atoms with Crippen LogP contribution in [0.3, 0.4) is 0 Å². The van der Waals surface area contributed by atoms with Crippen molar-refractivity contribution in [2.75, 3.05) is 13.1 Å². The average Bonchev–Trinajstić information content (AvgIpc) is 3.20. The van der Waals surface area contributed by atoms with Crippen molar-refractivity contribution >= 4 is 35.5 Å². The molecule has 0 aromatic heterocycles. The zero-order valence-corrected chi connectivity index (χ0v) is 17.0. The lowest BCUT2D eigenvalue weighted by Crippen LogP contribution is -2.46. The van der Waals surface area contributed by atoms with Crippen molar-refractivity contribution in [3.8, 4) is 0 Å². The normalized spacial score (nSPS) is 14.5. The van der Waals surface area contributed by atoms with E-state index in [0.717, 1.165) is 24.0 Å². The summed E-state index contributed by atoms with van der Waals surface area (Å²) >= 11 is 1.80. The maximum Gasteiger partial charge on any atom is 0.240 e. The third-order valence-corrected chi connectivity index (χ3v) is 4.52. The molecule has 27 heavy (non-hydrogen) atoms. The summed E-state index contributed by atoms with van der Waals surface area (Å²) in [6, 6.07) is 11.1. The van der Waals surface area contributed by atoms with Crippen LogP contribution in [0.4, 0.5) is 8.78 Å². The molecule has 0 bridgehead atoms. The second-order valence-corrected chi connectivity index (χ2v) is 6.94. The first kappa shape index (κ1) is 21.4. The number of nitrogens with zero attached hydrogens (tertiary/aromatic N) is 2. The second-order valence-electron chi connectivity index (χ2n) is 6.26. The molecule has 4 nitrogen and oxygen atoms in total. The maximum atomic E-state index is 13.3. The number of halogens is 3. The van der Waals surface area contributed by atoms with Crippen LogP contribution in [-0.4, -0.2) is 36.7 Å². The van der Waals surface area contributed by atoms with E-state index in [1.54, 1.807) is 52.0 Å². The Bertz CT molecular complexity index is 701. The smallest absolute Gasteiger partial charge is 0.240 e. The van der Waals surface area contributed by atoms with E-state index < -0.39 is 12.0 Å². The molecule has 7 heteroatoms. The Hall–Kier alpha value is -1.87. The quantitative estimate of drug-likeness (QED) is 0.524. The van der Waals surface area contributed by atoms with Gasteiger partial charge in [-0.05, 0) is 55.0 Å². The summed E-state index contributed by atoms with van der Waals surface area (Å²) in [5, 5.41) is 0. The van der Waals surface area contributed by atoms with E-state index in [4.69, 9.17) is 5.73 Å². The van der Waals surface area contributed by atoms with Crippen LogP contribution in [0, 0.1) is 11.6 Å². The first-order valence-corrected chi connectivity index (χ1v) is 9.56. The number of benzene rings is 2. The van der Waals surface area contributed by atoms with Gasteiger partial charge in [0.15, 0.2) is 0 Å². The Morgan fingerprint density at radius 3 is 1.74 bits per heavy atom. The van der Waals surface area contributed by atoms with Crippen LogP contribution in [-0.2, 0) is 4.79 Å². The number of carbonyl (C=O) groups excluding carboxylic acids is 1. The summed E-state index contributed by atoms with van der Waals surface area (Å²) in [7, 11) is 0. The largest absolute Gasteiger partial charge is 0.341 e. The highest BCUT2D eigenvalue weighted by atomic mass is 127. The van der Waals surface area contributed by atoms with E-state index in [1.807, 2.05) is 0 Å². The number of likely N-dealkylation sites (tertiary alicyclic amines) is 1. The predicted molar refractivity (Wildman–Crippen MR) is 112 cm³/mol. The van der Waals surface area contributed by atoms with Crippen molar-refractivity contribution < 1.29 is 13.6 Å². The fraction of sp³-hybridized carbons (Fsp3) is 0.300. The highest BCUT2D eigenvalue weighted by Crippen LogP contribution is 2.29. The summed E-state index contributed by atoms with van der Waals surface area (Å²) < 4.78 is 29.7. The van der Waals surface area contributed by atoms with Crippen molar-refractivity contribution in [2.24, 2.45) is 8.94 Å². The standard InChI is InChI=1S/C19H20F2N2O.CH2IN/c20-15-7-3-13(4-8-15)17(14-5-9-16(21)10-6-14)18(22)19(24)23-11-1-2-12-23;1-3-2/h3-10,17-18H,1-2,11-12,22H2;1H2. The van der Waals surface area contributed by atoms with Gasteiger partial charge in [-0.1, -0.05) is 24.3 Å². The lowest BCUT2D eigenvalue weighted by molar-refractivity contribution is -0.131. The van der Waals surface area contributed by atoms with Crippen molar-refractivity contribution in [1.82, 2.24) is 4.90 Å². The van der Waals surface area contributed by atoms with Gasteiger partial charge < -0.3 is 10.6 Å². The topological polar surface area (TPSA) is 58.7 Å². The summed E-state index contributed by atoms with van der Waals surface area (Å²) in [5.74, 6) is -1.27. The van der Waals surface area contributed by atoms with Crippen molar-refractivity contribution in [1.29, 1.82) is 0 Å². The van der Waals surface area contributed by atoms with Crippen molar-refractivity contribution in [3.63, 3.8) is 0 Å². The van der Waals surface area contributed by atoms with Gasteiger partial charge in [0.1, 0.15) is 11.6 Å². The Morgan fingerprint density at radius 2 is 1.37 bits per heavy atom. The molecule has 2 aromatic rings. The van der Waals surface area contributed by atoms with E-state index in [2.05, 4.69) is 9.92 Å².